The molecule has 18 heavy (non-hydrogen) atoms. The standard InChI is InChI=1S/C15H17BrN2/c1-11-9-12-5-2-3-7-14(12)17-15(11)18-8-4-6-13(18)10-16/h2-3,5,7,9,13H,4,6,8,10H2,1H3. The Morgan fingerprint density at radius 3 is 3.06 bits per heavy atom. The first-order valence-corrected chi connectivity index (χ1v) is 7.61. The molecule has 0 radical (unpaired) electrons. The van der Waals surface area contributed by atoms with Crippen molar-refractivity contribution in [1.29, 1.82) is 0 Å². The zero-order valence-electron chi connectivity index (χ0n) is 10.6. The lowest BCUT2D eigenvalue weighted by Crippen LogP contribution is -2.31. The maximum atomic E-state index is 4.86. The van der Waals surface area contributed by atoms with Gasteiger partial charge in [-0.3, -0.25) is 0 Å². The third-order valence-corrected chi connectivity index (χ3v) is 4.46. The number of benzene rings is 1. The summed E-state index contributed by atoms with van der Waals surface area (Å²) >= 11 is 3.62. The van der Waals surface area contributed by atoms with Crippen LogP contribution in [0.5, 0.6) is 0 Å². The maximum Gasteiger partial charge on any atom is 0.132 e. The highest BCUT2D eigenvalue weighted by Gasteiger charge is 2.25. The van der Waals surface area contributed by atoms with Crippen molar-refractivity contribution in [3.63, 3.8) is 0 Å². The Kier molecular flexibility index (Phi) is 3.25. The summed E-state index contributed by atoms with van der Waals surface area (Å²) in [5, 5.41) is 2.26. The second-order valence-corrected chi connectivity index (χ2v) is 5.61. The van der Waals surface area contributed by atoms with Gasteiger partial charge in [-0.1, -0.05) is 34.1 Å². The first kappa shape index (κ1) is 12.0. The number of aromatic nitrogens is 1. The van der Waals surface area contributed by atoms with E-state index in [1.807, 2.05) is 0 Å². The van der Waals surface area contributed by atoms with Crippen molar-refractivity contribution in [2.75, 3.05) is 16.8 Å². The fraction of sp³-hybridized carbons (Fsp3) is 0.400. The zero-order chi connectivity index (χ0) is 12.5. The number of halogens is 1. The van der Waals surface area contributed by atoms with E-state index in [2.05, 4.69) is 58.1 Å². The number of pyridine rings is 1. The first-order valence-electron chi connectivity index (χ1n) is 6.48. The van der Waals surface area contributed by atoms with E-state index in [1.165, 1.54) is 23.8 Å². The van der Waals surface area contributed by atoms with Crippen LogP contribution in [0.4, 0.5) is 5.82 Å². The van der Waals surface area contributed by atoms with Gasteiger partial charge in [0.1, 0.15) is 5.82 Å². The Labute approximate surface area is 116 Å². The molecule has 94 valence electrons. The summed E-state index contributed by atoms with van der Waals surface area (Å²) in [4.78, 5) is 7.31. The van der Waals surface area contributed by atoms with Gasteiger partial charge in [-0.25, -0.2) is 4.98 Å². The molecular weight excluding hydrogens is 288 g/mol. The predicted molar refractivity (Wildman–Crippen MR) is 80.6 cm³/mol. The van der Waals surface area contributed by atoms with Crippen LogP contribution in [-0.4, -0.2) is 22.9 Å². The van der Waals surface area contributed by atoms with E-state index in [9.17, 15) is 0 Å². The van der Waals surface area contributed by atoms with Crippen molar-refractivity contribution in [2.45, 2.75) is 25.8 Å². The minimum atomic E-state index is 0.595. The van der Waals surface area contributed by atoms with Gasteiger partial charge in [0.05, 0.1) is 5.52 Å². The zero-order valence-corrected chi connectivity index (χ0v) is 12.2. The lowest BCUT2D eigenvalue weighted by molar-refractivity contribution is 0.741. The Morgan fingerprint density at radius 2 is 2.22 bits per heavy atom. The van der Waals surface area contributed by atoms with Gasteiger partial charge in [-0.2, -0.15) is 0 Å². The largest absolute Gasteiger partial charge is 0.353 e. The average Bonchev–Trinajstić information content (AvgIpc) is 2.86. The van der Waals surface area contributed by atoms with Gasteiger partial charge in [0.25, 0.3) is 0 Å². The van der Waals surface area contributed by atoms with Crippen LogP contribution in [0.2, 0.25) is 0 Å². The molecule has 0 saturated carbocycles. The third-order valence-electron chi connectivity index (χ3n) is 3.72. The summed E-state index contributed by atoms with van der Waals surface area (Å²) in [6.45, 7) is 3.29. The molecule has 0 amide bonds. The molecule has 1 fully saturated rings. The number of aryl methyl sites for hydroxylation is 1. The number of alkyl halides is 1. The normalized spacial score (nSPS) is 19.7. The van der Waals surface area contributed by atoms with Crippen molar-refractivity contribution >= 4 is 32.7 Å². The fourth-order valence-corrected chi connectivity index (χ4v) is 3.45. The van der Waals surface area contributed by atoms with Crippen molar-refractivity contribution < 1.29 is 0 Å². The van der Waals surface area contributed by atoms with Crippen molar-refractivity contribution in [3.05, 3.63) is 35.9 Å². The number of hydrogen-bond donors (Lipinski definition) is 0. The highest BCUT2D eigenvalue weighted by molar-refractivity contribution is 9.09. The smallest absolute Gasteiger partial charge is 0.132 e. The van der Waals surface area contributed by atoms with E-state index in [4.69, 9.17) is 4.98 Å². The third kappa shape index (κ3) is 2.01. The molecule has 2 aromatic rings. The quantitative estimate of drug-likeness (QED) is 0.782. The molecule has 1 aliphatic rings. The summed E-state index contributed by atoms with van der Waals surface area (Å²) in [5.41, 5.74) is 2.37. The van der Waals surface area contributed by atoms with E-state index >= 15 is 0 Å². The molecule has 1 atom stereocenters. The van der Waals surface area contributed by atoms with Crippen molar-refractivity contribution in [3.8, 4) is 0 Å². The molecule has 3 rings (SSSR count). The van der Waals surface area contributed by atoms with E-state index in [1.54, 1.807) is 0 Å². The summed E-state index contributed by atoms with van der Waals surface area (Å²) in [5.74, 6) is 1.16. The average molecular weight is 305 g/mol. The van der Waals surface area contributed by atoms with Crippen LogP contribution in [0.3, 0.4) is 0 Å². The summed E-state index contributed by atoms with van der Waals surface area (Å²) in [6.07, 6.45) is 2.53. The Bertz CT molecular complexity index is 567. The molecule has 2 heterocycles. The summed E-state index contributed by atoms with van der Waals surface area (Å²) in [6, 6.07) is 11.2. The summed E-state index contributed by atoms with van der Waals surface area (Å²) < 4.78 is 0. The second-order valence-electron chi connectivity index (χ2n) is 4.97. The fourth-order valence-electron chi connectivity index (χ4n) is 2.78. The van der Waals surface area contributed by atoms with Gasteiger partial charge >= 0.3 is 0 Å². The number of nitrogens with zero attached hydrogens (tertiary/aromatic N) is 2. The van der Waals surface area contributed by atoms with Crippen LogP contribution >= 0.6 is 15.9 Å². The molecule has 1 saturated heterocycles. The van der Waals surface area contributed by atoms with Crippen molar-refractivity contribution in [2.24, 2.45) is 0 Å². The predicted octanol–water partition coefficient (Wildman–Crippen LogP) is 3.91. The van der Waals surface area contributed by atoms with Gasteiger partial charge in [-0.05, 0) is 37.5 Å². The molecule has 0 spiro atoms. The lowest BCUT2D eigenvalue weighted by atomic mass is 10.1. The molecular formula is C15H17BrN2. The van der Waals surface area contributed by atoms with Crippen LogP contribution in [0.1, 0.15) is 18.4 Å². The molecule has 2 nitrogen and oxygen atoms in total. The number of fused-ring (bicyclic) bond motifs is 1. The highest BCUT2D eigenvalue weighted by Crippen LogP contribution is 2.29. The highest BCUT2D eigenvalue weighted by atomic mass is 79.9. The molecule has 1 aliphatic heterocycles. The van der Waals surface area contributed by atoms with E-state index in [0.29, 0.717) is 6.04 Å². The van der Waals surface area contributed by atoms with Crippen molar-refractivity contribution in [1.82, 2.24) is 4.98 Å². The van der Waals surface area contributed by atoms with E-state index < -0.39 is 0 Å². The van der Waals surface area contributed by atoms with Crippen LogP contribution < -0.4 is 4.90 Å². The minimum absolute atomic E-state index is 0.595. The van der Waals surface area contributed by atoms with Crippen LogP contribution in [0.25, 0.3) is 10.9 Å². The minimum Gasteiger partial charge on any atom is -0.353 e. The molecule has 3 heteroatoms. The Balaban J connectivity index is 2.08. The Hall–Kier alpha value is -1.09. The Morgan fingerprint density at radius 1 is 1.39 bits per heavy atom. The van der Waals surface area contributed by atoms with E-state index in [0.717, 1.165) is 23.2 Å². The number of rotatable bonds is 2. The molecule has 1 aromatic carbocycles. The maximum absolute atomic E-state index is 4.86. The second kappa shape index (κ2) is 4.88. The topological polar surface area (TPSA) is 16.1 Å². The first-order chi connectivity index (χ1) is 8.79. The number of anilines is 1. The van der Waals surface area contributed by atoms with Crippen LogP contribution in [-0.2, 0) is 0 Å². The molecule has 0 aliphatic carbocycles. The monoisotopic (exact) mass is 304 g/mol. The molecule has 0 N–H and O–H groups in total. The van der Waals surface area contributed by atoms with Gasteiger partial charge in [0.2, 0.25) is 0 Å². The van der Waals surface area contributed by atoms with Gasteiger partial charge < -0.3 is 4.90 Å². The molecule has 0 bridgehead atoms. The van der Waals surface area contributed by atoms with E-state index in [-0.39, 0.29) is 0 Å². The number of para-hydroxylation sites is 1. The van der Waals surface area contributed by atoms with Gasteiger partial charge in [-0.15, -0.1) is 0 Å². The lowest BCUT2D eigenvalue weighted by Gasteiger charge is -2.26. The summed E-state index contributed by atoms with van der Waals surface area (Å²) in [7, 11) is 0. The SMILES string of the molecule is Cc1cc2ccccc2nc1N1CCCC1CBr. The van der Waals surface area contributed by atoms with Crippen LogP contribution in [0.15, 0.2) is 30.3 Å². The number of hydrogen-bond acceptors (Lipinski definition) is 2. The molecule has 1 unspecified atom stereocenters. The van der Waals surface area contributed by atoms with Crippen LogP contribution in [0, 0.1) is 6.92 Å². The molecule has 1 aromatic heterocycles. The van der Waals surface area contributed by atoms with Gasteiger partial charge in [0, 0.05) is 23.3 Å². The van der Waals surface area contributed by atoms with Gasteiger partial charge in [0.15, 0.2) is 0 Å².